The van der Waals surface area contributed by atoms with Gasteiger partial charge in [0.25, 0.3) is 0 Å². The number of amides is 1. The van der Waals surface area contributed by atoms with Crippen molar-refractivity contribution in [3.63, 3.8) is 0 Å². The van der Waals surface area contributed by atoms with E-state index in [1.807, 2.05) is 31.9 Å². The van der Waals surface area contributed by atoms with Crippen LogP contribution in [0, 0.1) is 5.92 Å². The SMILES string of the molecule is CC(C)(C)OC(=O)N1CCC(Cn2ncc3cc(N4CC[C@H](O[Si](C)(C)C(C)(C)C)C4)c(N)cc32)CC1. The summed E-state index contributed by atoms with van der Waals surface area (Å²) < 4.78 is 14.3. The van der Waals surface area contributed by atoms with Crippen LogP contribution >= 0.6 is 0 Å². The Balaban J connectivity index is 1.38. The first-order chi connectivity index (χ1) is 17.1. The van der Waals surface area contributed by atoms with Crippen LogP contribution in [0.3, 0.4) is 0 Å². The maximum atomic E-state index is 12.4. The zero-order valence-corrected chi connectivity index (χ0v) is 25.1. The van der Waals surface area contributed by atoms with Crippen LogP contribution in [-0.4, -0.2) is 67.0 Å². The monoisotopic (exact) mass is 529 g/mol. The fourth-order valence-electron chi connectivity index (χ4n) is 5.06. The lowest BCUT2D eigenvalue weighted by Crippen LogP contribution is -2.44. The second-order valence-corrected chi connectivity index (χ2v) is 18.2. The number of fused-ring (bicyclic) bond motifs is 1. The summed E-state index contributed by atoms with van der Waals surface area (Å²) in [7, 11) is -1.80. The number of aromatic nitrogens is 2. The molecule has 2 fully saturated rings. The van der Waals surface area contributed by atoms with Crippen LogP contribution in [0.5, 0.6) is 0 Å². The van der Waals surface area contributed by atoms with E-state index in [9.17, 15) is 4.79 Å². The number of likely N-dealkylation sites (tertiary alicyclic amines) is 1. The number of carbonyl (C=O) groups excluding carboxylic acids is 1. The van der Waals surface area contributed by atoms with Crippen molar-refractivity contribution in [2.45, 2.75) is 97.2 Å². The fourth-order valence-corrected chi connectivity index (χ4v) is 6.43. The average molecular weight is 530 g/mol. The van der Waals surface area contributed by atoms with Crippen molar-refractivity contribution in [1.82, 2.24) is 14.7 Å². The lowest BCUT2D eigenvalue weighted by atomic mass is 9.97. The zero-order chi connectivity index (χ0) is 27.2. The molecule has 4 rings (SSSR count). The number of nitrogens with zero attached hydrogens (tertiary/aromatic N) is 4. The maximum absolute atomic E-state index is 12.4. The highest BCUT2D eigenvalue weighted by atomic mass is 28.4. The Labute approximate surface area is 223 Å². The Morgan fingerprint density at radius 3 is 2.38 bits per heavy atom. The summed E-state index contributed by atoms with van der Waals surface area (Å²) in [6.45, 7) is 21.4. The van der Waals surface area contributed by atoms with Gasteiger partial charge in [-0.1, -0.05) is 20.8 Å². The van der Waals surface area contributed by atoms with E-state index in [0.29, 0.717) is 5.92 Å². The second kappa shape index (κ2) is 10.1. The molecule has 3 heterocycles. The molecule has 2 aliphatic rings. The van der Waals surface area contributed by atoms with E-state index in [0.717, 1.165) is 74.3 Å². The topological polar surface area (TPSA) is 85.8 Å². The smallest absolute Gasteiger partial charge is 0.410 e. The summed E-state index contributed by atoms with van der Waals surface area (Å²) in [5.74, 6) is 0.467. The third-order valence-electron chi connectivity index (χ3n) is 8.24. The first-order valence-corrected chi connectivity index (χ1v) is 16.7. The van der Waals surface area contributed by atoms with E-state index in [1.54, 1.807) is 0 Å². The van der Waals surface area contributed by atoms with Crippen LogP contribution < -0.4 is 10.6 Å². The molecule has 2 aromatic rings. The molecule has 0 spiro atoms. The molecule has 1 aromatic carbocycles. The lowest BCUT2D eigenvalue weighted by molar-refractivity contribution is 0.0177. The maximum Gasteiger partial charge on any atom is 0.410 e. The van der Waals surface area contributed by atoms with Crippen molar-refractivity contribution >= 4 is 36.7 Å². The van der Waals surface area contributed by atoms with Gasteiger partial charge in [0.2, 0.25) is 0 Å². The number of anilines is 2. The molecule has 206 valence electrons. The highest BCUT2D eigenvalue weighted by molar-refractivity contribution is 6.74. The van der Waals surface area contributed by atoms with E-state index in [-0.39, 0.29) is 17.2 Å². The van der Waals surface area contributed by atoms with Gasteiger partial charge in [-0.15, -0.1) is 0 Å². The van der Waals surface area contributed by atoms with Crippen LogP contribution in [0.2, 0.25) is 18.1 Å². The second-order valence-electron chi connectivity index (χ2n) is 13.4. The number of carbonyl (C=O) groups is 1. The van der Waals surface area contributed by atoms with Crippen LogP contribution in [0.1, 0.15) is 60.8 Å². The standard InChI is InChI=1S/C28H47N5O3Si/c1-27(2,3)35-26(34)31-12-9-20(10-13-31)18-33-24-16-23(29)25(15-21(24)17-30-33)32-14-11-22(19-32)36-37(7,8)28(4,5)6/h15-17,20,22H,9-14,18-19,29H2,1-8H3/t22-/m0/s1. The van der Waals surface area contributed by atoms with E-state index < -0.39 is 13.9 Å². The summed E-state index contributed by atoms with van der Waals surface area (Å²) in [6.07, 6.45) is 4.91. The van der Waals surface area contributed by atoms with Crippen molar-refractivity contribution in [2.75, 3.05) is 36.8 Å². The molecule has 2 saturated heterocycles. The molecule has 0 radical (unpaired) electrons. The summed E-state index contributed by atoms with van der Waals surface area (Å²) in [4.78, 5) is 16.6. The first-order valence-electron chi connectivity index (χ1n) is 13.8. The number of hydrogen-bond acceptors (Lipinski definition) is 6. The molecule has 0 aliphatic carbocycles. The highest BCUT2D eigenvalue weighted by Crippen LogP contribution is 2.39. The fraction of sp³-hybridized carbons (Fsp3) is 0.714. The molecule has 0 unspecified atom stereocenters. The van der Waals surface area contributed by atoms with Crippen LogP contribution in [0.4, 0.5) is 16.2 Å². The molecule has 0 saturated carbocycles. The van der Waals surface area contributed by atoms with Crippen molar-refractivity contribution in [3.05, 3.63) is 18.3 Å². The molecule has 8 nitrogen and oxygen atoms in total. The molecule has 2 N–H and O–H groups in total. The van der Waals surface area contributed by atoms with Gasteiger partial charge in [0.15, 0.2) is 8.32 Å². The molecule has 37 heavy (non-hydrogen) atoms. The predicted molar refractivity (Wildman–Crippen MR) is 154 cm³/mol. The Morgan fingerprint density at radius 1 is 1.08 bits per heavy atom. The van der Waals surface area contributed by atoms with Gasteiger partial charge in [-0.2, -0.15) is 5.10 Å². The summed E-state index contributed by atoms with van der Waals surface area (Å²) >= 11 is 0. The van der Waals surface area contributed by atoms with E-state index >= 15 is 0 Å². The number of nitrogen functional groups attached to an aromatic ring is 1. The number of hydrogen-bond donors (Lipinski definition) is 1. The largest absolute Gasteiger partial charge is 0.444 e. The minimum absolute atomic E-state index is 0.208. The van der Waals surface area contributed by atoms with Crippen molar-refractivity contribution in [3.8, 4) is 0 Å². The molecule has 2 aliphatic heterocycles. The van der Waals surface area contributed by atoms with E-state index in [2.05, 4.69) is 55.6 Å². The average Bonchev–Trinajstić information content (AvgIpc) is 3.38. The Kier molecular flexibility index (Phi) is 7.60. The third-order valence-corrected chi connectivity index (χ3v) is 12.8. The molecular weight excluding hydrogens is 482 g/mol. The van der Waals surface area contributed by atoms with E-state index in [4.69, 9.17) is 20.0 Å². The van der Waals surface area contributed by atoms with Crippen LogP contribution in [0.15, 0.2) is 18.3 Å². The van der Waals surface area contributed by atoms with Crippen molar-refractivity contribution in [1.29, 1.82) is 0 Å². The number of nitrogens with two attached hydrogens (primary N) is 1. The molecule has 1 amide bonds. The van der Waals surface area contributed by atoms with Gasteiger partial charge in [0.05, 0.1) is 29.2 Å². The van der Waals surface area contributed by atoms with Gasteiger partial charge in [-0.3, -0.25) is 4.68 Å². The minimum atomic E-state index is -1.80. The minimum Gasteiger partial charge on any atom is -0.444 e. The number of ether oxygens (including phenoxy) is 1. The van der Waals surface area contributed by atoms with E-state index in [1.165, 1.54) is 0 Å². The normalized spacial score (nSPS) is 20.2. The lowest BCUT2D eigenvalue weighted by Gasteiger charge is -2.38. The third kappa shape index (κ3) is 6.42. The van der Waals surface area contributed by atoms with Crippen molar-refractivity contribution < 1.29 is 14.0 Å². The van der Waals surface area contributed by atoms with Gasteiger partial charge in [0.1, 0.15) is 5.60 Å². The summed E-state index contributed by atoms with van der Waals surface area (Å²) in [6, 6.07) is 4.27. The number of piperidine rings is 1. The number of benzene rings is 1. The number of rotatable bonds is 5. The van der Waals surface area contributed by atoms with Crippen molar-refractivity contribution in [2.24, 2.45) is 5.92 Å². The summed E-state index contributed by atoms with van der Waals surface area (Å²) in [5, 5.41) is 6.03. The van der Waals surface area contributed by atoms with Gasteiger partial charge in [-0.25, -0.2) is 4.79 Å². The molecule has 0 bridgehead atoms. The Hall–Kier alpha value is -2.26. The Morgan fingerprint density at radius 2 is 1.76 bits per heavy atom. The van der Waals surface area contributed by atoms with Crippen LogP contribution in [-0.2, 0) is 15.7 Å². The predicted octanol–water partition coefficient (Wildman–Crippen LogP) is 5.87. The first kappa shape index (κ1) is 27.8. The zero-order valence-electron chi connectivity index (χ0n) is 24.1. The molecule has 9 heteroatoms. The van der Waals surface area contributed by atoms with Gasteiger partial charge in [0, 0.05) is 38.1 Å². The van der Waals surface area contributed by atoms with Crippen LogP contribution in [0.25, 0.3) is 10.9 Å². The summed E-state index contributed by atoms with van der Waals surface area (Å²) in [5.41, 5.74) is 9.08. The molecule has 1 aromatic heterocycles. The van der Waals surface area contributed by atoms with Gasteiger partial charge >= 0.3 is 6.09 Å². The molecular formula is C28H47N5O3Si. The Bertz CT molecular complexity index is 1110. The highest BCUT2D eigenvalue weighted by Gasteiger charge is 2.40. The quantitative estimate of drug-likeness (QED) is 0.385. The van der Waals surface area contributed by atoms with Gasteiger partial charge in [-0.05, 0) is 76.2 Å². The van der Waals surface area contributed by atoms with Gasteiger partial charge < -0.3 is 24.7 Å². The molecule has 1 atom stereocenters.